The maximum atomic E-state index is 12.3. The lowest BCUT2D eigenvalue weighted by Gasteiger charge is -2.21. The second kappa shape index (κ2) is 6.25. The van der Waals surface area contributed by atoms with Gasteiger partial charge in [-0.05, 0) is 37.9 Å². The molecule has 0 spiro atoms. The third kappa shape index (κ3) is 3.07. The first-order valence-electron chi connectivity index (χ1n) is 7.48. The summed E-state index contributed by atoms with van der Waals surface area (Å²) in [4.78, 5) is 18.9. The van der Waals surface area contributed by atoms with Crippen molar-refractivity contribution in [3.05, 3.63) is 29.6 Å². The van der Waals surface area contributed by atoms with Crippen LogP contribution in [-0.2, 0) is 0 Å². The first-order chi connectivity index (χ1) is 10.3. The minimum absolute atomic E-state index is 0.0907. The van der Waals surface area contributed by atoms with Crippen LogP contribution in [-0.4, -0.2) is 47.5 Å². The Morgan fingerprint density at radius 2 is 2.33 bits per heavy atom. The minimum atomic E-state index is -0.0907. The van der Waals surface area contributed by atoms with Gasteiger partial charge >= 0.3 is 0 Å². The lowest BCUT2D eigenvalue weighted by Crippen LogP contribution is -2.42. The standard InChI is InChI=1S/C16H20N4O/c17-8-1-3-12-5-6-14(18-11-12)16(21)19-13-7-10-20-9-2-4-15(13)20/h5-6,11,13,15H,2,4,7-10,17H2,(H,19,21). The molecule has 0 saturated carbocycles. The van der Waals surface area contributed by atoms with Gasteiger partial charge in [0.1, 0.15) is 5.69 Å². The number of nitrogens with one attached hydrogen (secondary N) is 1. The molecule has 3 N–H and O–H groups in total. The predicted octanol–water partition coefficient (Wildman–Crippen LogP) is 0.358. The van der Waals surface area contributed by atoms with Gasteiger partial charge in [0.05, 0.1) is 6.54 Å². The first kappa shape index (κ1) is 14.1. The molecule has 1 amide bonds. The Morgan fingerprint density at radius 3 is 3.10 bits per heavy atom. The summed E-state index contributed by atoms with van der Waals surface area (Å²) >= 11 is 0. The Bertz CT molecular complexity index is 572. The van der Waals surface area contributed by atoms with Crippen LogP contribution in [0.1, 0.15) is 35.3 Å². The lowest BCUT2D eigenvalue weighted by atomic mass is 10.1. The fourth-order valence-corrected chi connectivity index (χ4v) is 3.25. The molecule has 2 aliphatic heterocycles. The summed E-state index contributed by atoms with van der Waals surface area (Å²) in [7, 11) is 0. The zero-order chi connectivity index (χ0) is 14.7. The van der Waals surface area contributed by atoms with E-state index < -0.39 is 0 Å². The average Bonchev–Trinajstić information content (AvgIpc) is 3.10. The molecule has 3 rings (SSSR count). The minimum Gasteiger partial charge on any atom is -0.346 e. The fourth-order valence-electron chi connectivity index (χ4n) is 3.25. The maximum absolute atomic E-state index is 12.3. The number of rotatable bonds is 2. The van der Waals surface area contributed by atoms with E-state index in [-0.39, 0.29) is 11.9 Å². The van der Waals surface area contributed by atoms with E-state index in [0.717, 1.165) is 18.5 Å². The Hall–Kier alpha value is -1.90. The molecule has 2 atom stereocenters. The second-order valence-corrected chi connectivity index (χ2v) is 5.55. The summed E-state index contributed by atoms with van der Waals surface area (Å²) in [5, 5.41) is 3.13. The van der Waals surface area contributed by atoms with Crippen molar-refractivity contribution in [1.29, 1.82) is 0 Å². The highest BCUT2D eigenvalue weighted by atomic mass is 16.2. The molecule has 2 saturated heterocycles. The Morgan fingerprint density at radius 1 is 1.43 bits per heavy atom. The van der Waals surface area contributed by atoms with E-state index >= 15 is 0 Å². The van der Waals surface area contributed by atoms with Crippen LogP contribution in [0.4, 0.5) is 0 Å². The van der Waals surface area contributed by atoms with Crippen LogP contribution in [0, 0.1) is 11.8 Å². The molecule has 0 radical (unpaired) electrons. The number of hydrogen-bond donors (Lipinski definition) is 2. The van der Waals surface area contributed by atoms with Crippen molar-refractivity contribution in [2.24, 2.45) is 5.73 Å². The van der Waals surface area contributed by atoms with E-state index in [1.165, 1.54) is 19.4 Å². The molecule has 0 aromatic carbocycles. The molecular formula is C16H20N4O. The zero-order valence-electron chi connectivity index (χ0n) is 12.0. The van der Waals surface area contributed by atoms with Crippen LogP contribution in [0.2, 0.25) is 0 Å². The lowest BCUT2D eigenvalue weighted by molar-refractivity contribution is 0.0924. The van der Waals surface area contributed by atoms with E-state index in [1.54, 1.807) is 18.3 Å². The first-order valence-corrected chi connectivity index (χ1v) is 7.48. The SMILES string of the molecule is NCC#Cc1ccc(C(=O)NC2CCN3CCCC23)nc1. The van der Waals surface area contributed by atoms with Crippen LogP contribution in [0.3, 0.4) is 0 Å². The van der Waals surface area contributed by atoms with Crippen molar-refractivity contribution < 1.29 is 4.79 Å². The third-order valence-electron chi connectivity index (χ3n) is 4.25. The smallest absolute Gasteiger partial charge is 0.270 e. The van der Waals surface area contributed by atoms with Crippen LogP contribution in [0.5, 0.6) is 0 Å². The molecule has 21 heavy (non-hydrogen) atoms. The summed E-state index contributed by atoms with van der Waals surface area (Å²) in [6.45, 7) is 2.59. The maximum Gasteiger partial charge on any atom is 0.270 e. The van der Waals surface area contributed by atoms with Crippen molar-refractivity contribution >= 4 is 5.91 Å². The average molecular weight is 284 g/mol. The summed E-state index contributed by atoms with van der Waals surface area (Å²) < 4.78 is 0. The van der Waals surface area contributed by atoms with Crippen molar-refractivity contribution in [3.8, 4) is 11.8 Å². The van der Waals surface area contributed by atoms with Gasteiger partial charge in [-0.1, -0.05) is 11.8 Å². The molecule has 110 valence electrons. The Balaban J connectivity index is 1.62. The monoisotopic (exact) mass is 284 g/mol. The topological polar surface area (TPSA) is 71.2 Å². The summed E-state index contributed by atoms with van der Waals surface area (Å²) in [6, 6.07) is 4.31. The van der Waals surface area contributed by atoms with Gasteiger partial charge in [0, 0.05) is 30.4 Å². The molecular weight excluding hydrogens is 264 g/mol. The highest BCUT2D eigenvalue weighted by molar-refractivity contribution is 5.92. The molecule has 0 aliphatic carbocycles. The summed E-state index contributed by atoms with van der Waals surface area (Å²) in [6.07, 6.45) is 5.08. The summed E-state index contributed by atoms with van der Waals surface area (Å²) in [5.41, 5.74) is 6.55. The van der Waals surface area contributed by atoms with Gasteiger partial charge in [-0.25, -0.2) is 4.98 Å². The van der Waals surface area contributed by atoms with Gasteiger partial charge in [-0.15, -0.1) is 0 Å². The van der Waals surface area contributed by atoms with Crippen LogP contribution in [0.15, 0.2) is 18.3 Å². The second-order valence-electron chi connectivity index (χ2n) is 5.55. The van der Waals surface area contributed by atoms with E-state index in [1.807, 2.05) is 0 Å². The van der Waals surface area contributed by atoms with Crippen molar-refractivity contribution in [2.45, 2.75) is 31.3 Å². The molecule has 1 aromatic heterocycles. The Kier molecular flexibility index (Phi) is 4.18. The normalized spacial score (nSPS) is 24.2. The largest absolute Gasteiger partial charge is 0.346 e. The number of hydrogen-bond acceptors (Lipinski definition) is 4. The van der Waals surface area contributed by atoms with E-state index in [9.17, 15) is 4.79 Å². The van der Waals surface area contributed by atoms with Crippen LogP contribution < -0.4 is 11.1 Å². The van der Waals surface area contributed by atoms with Gasteiger partial charge in [-0.3, -0.25) is 9.69 Å². The van der Waals surface area contributed by atoms with Crippen molar-refractivity contribution in [1.82, 2.24) is 15.2 Å². The predicted molar refractivity (Wildman–Crippen MR) is 80.6 cm³/mol. The third-order valence-corrected chi connectivity index (χ3v) is 4.25. The van der Waals surface area contributed by atoms with Crippen LogP contribution in [0.25, 0.3) is 0 Å². The highest BCUT2D eigenvalue weighted by Crippen LogP contribution is 2.27. The number of aromatic nitrogens is 1. The molecule has 1 aromatic rings. The summed E-state index contributed by atoms with van der Waals surface area (Å²) in [5.74, 6) is 5.58. The van der Waals surface area contributed by atoms with Gasteiger partial charge in [-0.2, -0.15) is 0 Å². The van der Waals surface area contributed by atoms with E-state index in [0.29, 0.717) is 18.3 Å². The quantitative estimate of drug-likeness (QED) is 0.769. The van der Waals surface area contributed by atoms with E-state index in [4.69, 9.17) is 5.73 Å². The van der Waals surface area contributed by atoms with Gasteiger partial charge < -0.3 is 11.1 Å². The highest BCUT2D eigenvalue weighted by Gasteiger charge is 2.37. The molecule has 0 bridgehead atoms. The number of fused-ring (bicyclic) bond motifs is 1. The molecule has 5 heteroatoms. The number of carbonyl (C=O) groups is 1. The van der Waals surface area contributed by atoms with Crippen molar-refractivity contribution in [3.63, 3.8) is 0 Å². The number of pyridine rings is 1. The molecule has 2 aliphatic rings. The van der Waals surface area contributed by atoms with Crippen molar-refractivity contribution in [2.75, 3.05) is 19.6 Å². The van der Waals surface area contributed by atoms with Gasteiger partial charge in [0.25, 0.3) is 5.91 Å². The number of nitrogens with two attached hydrogens (primary N) is 1. The van der Waals surface area contributed by atoms with Gasteiger partial charge in [0.2, 0.25) is 0 Å². The molecule has 3 heterocycles. The molecule has 2 fully saturated rings. The fraction of sp³-hybridized carbons (Fsp3) is 0.500. The Labute approximate surface area is 124 Å². The van der Waals surface area contributed by atoms with E-state index in [2.05, 4.69) is 27.0 Å². The number of nitrogens with zero attached hydrogens (tertiary/aromatic N) is 2. The molecule has 2 unspecified atom stereocenters. The van der Waals surface area contributed by atoms with Crippen LogP contribution >= 0.6 is 0 Å². The number of amides is 1. The molecule has 5 nitrogen and oxygen atoms in total. The number of carbonyl (C=O) groups excluding carboxylic acids is 1. The van der Waals surface area contributed by atoms with Gasteiger partial charge in [0.15, 0.2) is 0 Å². The zero-order valence-corrected chi connectivity index (χ0v) is 12.0.